The average molecular weight is 448 g/mol. The second kappa shape index (κ2) is 7.99. The number of imide groups is 1. The lowest BCUT2D eigenvalue weighted by molar-refractivity contribution is -0.131. The van der Waals surface area contributed by atoms with Crippen LogP contribution >= 0.6 is 11.6 Å². The molecule has 1 saturated heterocycles. The molecule has 1 aliphatic rings. The smallest absolute Gasteiger partial charge is 0.387 e. The molecule has 0 aliphatic carbocycles. The van der Waals surface area contributed by atoms with Gasteiger partial charge in [-0.25, -0.2) is 9.78 Å². The van der Waals surface area contributed by atoms with Crippen LogP contribution in [0.4, 0.5) is 13.6 Å². The first-order chi connectivity index (χ1) is 14.8. The summed E-state index contributed by atoms with van der Waals surface area (Å²) in [4.78, 5) is 30.7. The van der Waals surface area contributed by atoms with E-state index < -0.39 is 24.1 Å². The van der Waals surface area contributed by atoms with Crippen LogP contribution in [-0.2, 0) is 16.9 Å². The van der Waals surface area contributed by atoms with Crippen molar-refractivity contribution in [3.8, 4) is 17.1 Å². The lowest BCUT2D eigenvalue weighted by Gasteiger charge is -2.22. The summed E-state index contributed by atoms with van der Waals surface area (Å²) >= 11 is 5.88. The highest BCUT2D eigenvalue weighted by Gasteiger charge is 2.49. The quantitative estimate of drug-likeness (QED) is 0.560. The van der Waals surface area contributed by atoms with E-state index in [-0.39, 0.29) is 18.2 Å². The number of nitrogens with one attached hydrogen (secondary N) is 1. The zero-order valence-corrected chi connectivity index (χ0v) is 16.9. The number of urea groups is 1. The Morgan fingerprint density at radius 3 is 2.48 bits per heavy atom. The third kappa shape index (κ3) is 4.09. The third-order valence-corrected chi connectivity index (χ3v) is 5.16. The number of rotatable bonds is 6. The van der Waals surface area contributed by atoms with Crippen LogP contribution in [0.2, 0.25) is 5.02 Å². The predicted octanol–water partition coefficient (Wildman–Crippen LogP) is 4.56. The largest absolute Gasteiger partial charge is 0.439 e. The van der Waals surface area contributed by atoms with Crippen molar-refractivity contribution in [2.45, 2.75) is 25.6 Å². The summed E-state index contributed by atoms with van der Waals surface area (Å²) in [6.07, 6.45) is 1.50. The van der Waals surface area contributed by atoms with Gasteiger partial charge in [0, 0.05) is 10.6 Å². The van der Waals surface area contributed by atoms with Crippen LogP contribution in [-0.4, -0.2) is 28.4 Å². The van der Waals surface area contributed by atoms with Crippen LogP contribution in [0.3, 0.4) is 0 Å². The van der Waals surface area contributed by atoms with Crippen LogP contribution in [0, 0.1) is 0 Å². The van der Waals surface area contributed by atoms with E-state index in [9.17, 15) is 18.4 Å². The lowest BCUT2D eigenvalue weighted by Crippen LogP contribution is -2.40. The molecular weight excluding hydrogens is 432 g/mol. The fourth-order valence-corrected chi connectivity index (χ4v) is 3.40. The van der Waals surface area contributed by atoms with Crippen LogP contribution < -0.4 is 10.1 Å². The molecule has 0 spiro atoms. The minimum Gasteiger partial charge on any atom is -0.439 e. The summed E-state index contributed by atoms with van der Waals surface area (Å²) in [5.41, 5.74) is -0.202. The van der Waals surface area contributed by atoms with Gasteiger partial charge in [-0.15, -0.1) is 0 Å². The van der Waals surface area contributed by atoms with Gasteiger partial charge in [-0.05, 0) is 48.9 Å². The minimum atomic E-state index is -2.96. The van der Waals surface area contributed by atoms with E-state index >= 15 is 0 Å². The van der Waals surface area contributed by atoms with Gasteiger partial charge in [0.15, 0.2) is 5.76 Å². The fourth-order valence-electron chi connectivity index (χ4n) is 3.27. The van der Waals surface area contributed by atoms with E-state index in [0.717, 1.165) is 10.5 Å². The van der Waals surface area contributed by atoms with Crippen molar-refractivity contribution < 1.29 is 27.5 Å². The zero-order valence-electron chi connectivity index (χ0n) is 16.1. The Morgan fingerprint density at radius 2 is 1.84 bits per heavy atom. The highest BCUT2D eigenvalue weighted by atomic mass is 35.5. The van der Waals surface area contributed by atoms with E-state index in [1.165, 1.54) is 37.4 Å². The van der Waals surface area contributed by atoms with E-state index in [2.05, 4.69) is 15.0 Å². The van der Waals surface area contributed by atoms with Gasteiger partial charge in [0.2, 0.25) is 5.89 Å². The van der Waals surface area contributed by atoms with Crippen molar-refractivity contribution in [3.63, 3.8) is 0 Å². The van der Waals surface area contributed by atoms with Crippen molar-refractivity contribution in [2.75, 3.05) is 0 Å². The number of amides is 3. The molecule has 0 saturated carbocycles. The molecule has 31 heavy (non-hydrogen) atoms. The number of halogens is 3. The molecule has 3 aromatic rings. The van der Waals surface area contributed by atoms with Gasteiger partial charge in [0.1, 0.15) is 17.8 Å². The number of carbonyl (C=O) groups is 2. The Bertz CT molecular complexity index is 1120. The minimum absolute atomic E-state index is 0.0505. The van der Waals surface area contributed by atoms with Crippen LogP contribution in [0.1, 0.15) is 18.4 Å². The second-order valence-corrected chi connectivity index (χ2v) is 7.41. The van der Waals surface area contributed by atoms with Crippen molar-refractivity contribution in [1.82, 2.24) is 15.2 Å². The number of benzene rings is 2. The molecule has 7 nitrogen and oxygen atoms in total. The molecule has 160 valence electrons. The van der Waals surface area contributed by atoms with Crippen molar-refractivity contribution in [1.29, 1.82) is 0 Å². The molecule has 0 radical (unpaired) electrons. The number of alkyl halides is 2. The molecule has 10 heteroatoms. The zero-order chi connectivity index (χ0) is 22.2. The molecule has 3 amide bonds. The first-order valence-electron chi connectivity index (χ1n) is 9.16. The molecule has 0 bridgehead atoms. The first kappa shape index (κ1) is 20.8. The molecule has 4 rings (SSSR count). The number of hydrogen-bond acceptors (Lipinski definition) is 5. The standard InChI is InChI=1S/C21H16ClF2N3O4/c1-21(13-4-8-15(9-5-13)30-19(23)24)18(28)27(20(29)26-21)11-17-25-10-16(31-17)12-2-6-14(22)7-3-12/h2-10,19H,11H2,1H3,(H,26,29). The number of nitrogens with zero attached hydrogens (tertiary/aromatic N) is 2. The van der Waals surface area contributed by atoms with Gasteiger partial charge in [0.05, 0.1) is 6.20 Å². The lowest BCUT2D eigenvalue weighted by atomic mass is 9.92. The maximum atomic E-state index is 13.0. The van der Waals surface area contributed by atoms with Gasteiger partial charge < -0.3 is 14.5 Å². The third-order valence-electron chi connectivity index (χ3n) is 4.91. The maximum Gasteiger partial charge on any atom is 0.387 e. The summed E-state index contributed by atoms with van der Waals surface area (Å²) in [5.74, 6) is 0.0752. The fraction of sp³-hybridized carbons (Fsp3) is 0.190. The SMILES string of the molecule is CC1(c2ccc(OC(F)F)cc2)NC(=O)N(Cc2ncc(-c3ccc(Cl)cc3)o2)C1=O. The van der Waals surface area contributed by atoms with Crippen LogP contribution in [0.15, 0.2) is 59.1 Å². The van der Waals surface area contributed by atoms with Gasteiger partial charge in [-0.3, -0.25) is 9.69 Å². The number of ether oxygens (including phenoxy) is 1. The summed E-state index contributed by atoms with van der Waals surface area (Å²) < 4.78 is 34.7. The number of aromatic nitrogens is 1. The van der Waals surface area contributed by atoms with Crippen molar-refractivity contribution in [3.05, 3.63) is 71.2 Å². The molecule has 1 aromatic heterocycles. The number of oxazole rings is 1. The van der Waals surface area contributed by atoms with Gasteiger partial charge in [0.25, 0.3) is 5.91 Å². The number of carbonyl (C=O) groups excluding carboxylic acids is 2. The second-order valence-electron chi connectivity index (χ2n) is 6.97. The molecule has 1 N–H and O–H groups in total. The maximum absolute atomic E-state index is 13.0. The van der Waals surface area contributed by atoms with Gasteiger partial charge >= 0.3 is 12.6 Å². The normalized spacial score (nSPS) is 18.5. The van der Waals surface area contributed by atoms with Crippen molar-refractivity contribution in [2.24, 2.45) is 0 Å². The van der Waals surface area contributed by atoms with E-state index in [0.29, 0.717) is 16.3 Å². The van der Waals surface area contributed by atoms with Crippen LogP contribution in [0.25, 0.3) is 11.3 Å². The summed E-state index contributed by atoms with van der Waals surface area (Å²) in [6.45, 7) is -1.59. The Labute approximate surface area is 180 Å². The van der Waals surface area contributed by atoms with Gasteiger partial charge in [-0.1, -0.05) is 23.7 Å². The highest BCUT2D eigenvalue weighted by Crippen LogP contribution is 2.31. The topological polar surface area (TPSA) is 84.7 Å². The Kier molecular flexibility index (Phi) is 5.36. The van der Waals surface area contributed by atoms with Crippen molar-refractivity contribution >= 4 is 23.5 Å². The Hall–Kier alpha value is -3.46. The summed E-state index contributed by atoms with van der Waals surface area (Å²) in [5, 5.41) is 3.22. The predicted molar refractivity (Wildman–Crippen MR) is 106 cm³/mol. The molecule has 1 unspecified atom stereocenters. The number of hydrogen-bond donors (Lipinski definition) is 1. The summed E-state index contributed by atoms with van der Waals surface area (Å²) in [6, 6.07) is 11.8. The molecule has 2 aromatic carbocycles. The van der Waals surface area contributed by atoms with Gasteiger partial charge in [-0.2, -0.15) is 8.78 Å². The molecule has 2 heterocycles. The molecule has 1 fully saturated rings. The summed E-state index contributed by atoms with van der Waals surface area (Å²) in [7, 11) is 0. The Morgan fingerprint density at radius 1 is 1.16 bits per heavy atom. The van der Waals surface area contributed by atoms with E-state index in [1.54, 1.807) is 24.3 Å². The monoisotopic (exact) mass is 447 g/mol. The average Bonchev–Trinajstić information content (AvgIpc) is 3.28. The van der Waals surface area contributed by atoms with E-state index in [1.807, 2.05) is 0 Å². The molecule has 1 aliphatic heterocycles. The first-order valence-corrected chi connectivity index (χ1v) is 9.54. The van der Waals surface area contributed by atoms with E-state index in [4.69, 9.17) is 16.0 Å². The molecule has 1 atom stereocenters. The van der Waals surface area contributed by atoms with Crippen LogP contribution in [0.5, 0.6) is 5.75 Å². The highest BCUT2D eigenvalue weighted by molar-refractivity contribution is 6.30. The Balaban J connectivity index is 1.51. The molecular formula is C21H16ClF2N3O4.